The molecule has 0 heterocycles. The van der Waals surface area contributed by atoms with Crippen molar-refractivity contribution in [1.29, 1.82) is 0 Å². The third-order valence-electron chi connectivity index (χ3n) is 1.83. The summed E-state index contributed by atoms with van der Waals surface area (Å²) in [5, 5.41) is 0. The molecule has 0 atom stereocenters. The van der Waals surface area contributed by atoms with Crippen LogP contribution in [-0.4, -0.2) is 0 Å². The molecule has 0 fully saturated rings. The number of hydrogen-bond donors (Lipinski definition) is 0. The maximum absolute atomic E-state index is 2.41. The molecule has 0 bridgehead atoms. The maximum atomic E-state index is 2.41. The van der Waals surface area contributed by atoms with E-state index in [9.17, 15) is 0 Å². The summed E-state index contributed by atoms with van der Waals surface area (Å²) in [6, 6.07) is 0. The third-order valence-corrected chi connectivity index (χ3v) is 1.83. The molecule has 0 spiro atoms. The van der Waals surface area contributed by atoms with E-state index in [2.05, 4.69) is 40.7 Å². The first-order valence-electron chi connectivity index (χ1n) is 4.78. The molecule has 0 aromatic rings. The molecule has 0 nitrogen and oxygen atoms in total. The van der Waals surface area contributed by atoms with Gasteiger partial charge in [0.15, 0.2) is 0 Å². The normalized spacial score (nSPS) is 13.2. The molecule has 0 aliphatic heterocycles. The van der Waals surface area contributed by atoms with Crippen LogP contribution in [0, 0.1) is 11.8 Å². The lowest BCUT2D eigenvalue weighted by Crippen LogP contribution is -1.96. The van der Waals surface area contributed by atoms with Crippen LogP contribution in [0.25, 0.3) is 0 Å². The molecule has 11 heavy (non-hydrogen) atoms. The fourth-order valence-corrected chi connectivity index (χ4v) is 1.28. The van der Waals surface area contributed by atoms with Crippen LogP contribution in [0.15, 0.2) is 11.6 Å². The Morgan fingerprint density at radius 1 is 1.18 bits per heavy atom. The molecular weight excluding hydrogens is 132 g/mol. The molecule has 0 aromatic carbocycles. The molecule has 0 aliphatic carbocycles. The molecule has 0 unspecified atom stereocenters. The predicted molar refractivity (Wildman–Crippen MR) is 52.7 cm³/mol. The SMILES string of the molecule is CCCC(=CC(C)C)C(C)C. The summed E-state index contributed by atoms with van der Waals surface area (Å²) in [7, 11) is 0. The highest BCUT2D eigenvalue weighted by Gasteiger charge is 2.01. The number of allylic oxidation sites excluding steroid dienone is 2. The first kappa shape index (κ1) is 10.7. The smallest absolute Gasteiger partial charge is 0.0260 e. The van der Waals surface area contributed by atoms with Gasteiger partial charge in [-0.3, -0.25) is 0 Å². The molecule has 0 aromatic heterocycles. The quantitative estimate of drug-likeness (QED) is 0.536. The summed E-state index contributed by atoms with van der Waals surface area (Å²) >= 11 is 0. The Balaban J connectivity index is 4.08. The standard InChI is InChI=1S/C11H22/c1-6-7-11(10(4)5)8-9(2)3/h8-10H,6-7H2,1-5H3. The van der Waals surface area contributed by atoms with Gasteiger partial charge in [0, 0.05) is 0 Å². The Kier molecular flexibility index (Phi) is 5.27. The average molecular weight is 154 g/mol. The molecule has 0 N–H and O–H groups in total. The highest BCUT2D eigenvalue weighted by Crippen LogP contribution is 2.17. The van der Waals surface area contributed by atoms with E-state index in [1.807, 2.05) is 0 Å². The Labute approximate surface area is 71.7 Å². The maximum Gasteiger partial charge on any atom is -0.0260 e. The summed E-state index contributed by atoms with van der Waals surface area (Å²) in [6.07, 6.45) is 4.96. The zero-order valence-electron chi connectivity index (χ0n) is 8.65. The molecule has 0 saturated heterocycles. The van der Waals surface area contributed by atoms with Crippen LogP contribution in [0.5, 0.6) is 0 Å². The Morgan fingerprint density at radius 2 is 1.73 bits per heavy atom. The van der Waals surface area contributed by atoms with Crippen LogP contribution >= 0.6 is 0 Å². The van der Waals surface area contributed by atoms with Crippen molar-refractivity contribution in [2.45, 2.75) is 47.5 Å². The molecule has 0 amide bonds. The minimum Gasteiger partial charge on any atom is -0.0825 e. The molecule has 0 aliphatic rings. The van der Waals surface area contributed by atoms with Crippen molar-refractivity contribution in [3.8, 4) is 0 Å². The summed E-state index contributed by atoms with van der Waals surface area (Å²) in [5.74, 6) is 1.44. The summed E-state index contributed by atoms with van der Waals surface area (Å²) in [4.78, 5) is 0. The van der Waals surface area contributed by atoms with E-state index < -0.39 is 0 Å². The molecule has 0 radical (unpaired) electrons. The highest BCUT2D eigenvalue weighted by molar-refractivity contribution is 5.05. The minimum absolute atomic E-state index is 0.707. The lowest BCUT2D eigenvalue weighted by molar-refractivity contribution is 0.676. The topological polar surface area (TPSA) is 0 Å². The Hall–Kier alpha value is -0.260. The zero-order valence-corrected chi connectivity index (χ0v) is 8.65. The minimum atomic E-state index is 0.707. The summed E-state index contributed by atoms with van der Waals surface area (Å²) in [5.41, 5.74) is 1.63. The predicted octanol–water partition coefficient (Wildman–Crippen LogP) is 4.02. The number of hydrogen-bond acceptors (Lipinski definition) is 0. The van der Waals surface area contributed by atoms with Gasteiger partial charge < -0.3 is 0 Å². The van der Waals surface area contributed by atoms with E-state index in [0.717, 1.165) is 5.92 Å². The van der Waals surface area contributed by atoms with Crippen LogP contribution < -0.4 is 0 Å². The van der Waals surface area contributed by atoms with Gasteiger partial charge in [-0.2, -0.15) is 0 Å². The first-order valence-corrected chi connectivity index (χ1v) is 4.78. The fourth-order valence-electron chi connectivity index (χ4n) is 1.28. The van der Waals surface area contributed by atoms with Crippen LogP contribution in [0.3, 0.4) is 0 Å². The second-order valence-corrected chi connectivity index (χ2v) is 3.89. The fraction of sp³-hybridized carbons (Fsp3) is 0.818. The summed E-state index contributed by atoms with van der Waals surface area (Å²) in [6.45, 7) is 11.3. The van der Waals surface area contributed by atoms with Crippen LogP contribution in [-0.2, 0) is 0 Å². The number of rotatable bonds is 4. The largest absolute Gasteiger partial charge is 0.0825 e. The third kappa shape index (κ3) is 5.06. The van der Waals surface area contributed by atoms with Gasteiger partial charge in [0.2, 0.25) is 0 Å². The van der Waals surface area contributed by atoms with Crippen molar-refractivity contribution in [1.82, 2.24) is 0 Å². The average Bonchev–Trinajstić information content (AvgIpc) is 1.86. The second kappa shape index (κ2) is 5.40. The molecule has 66 valence electrons. The molecule has 0 saturated carbocycles. The van der Waals surface area contributed by atoms with Crippen molar-refractivity contribution in [2.24, 2.45) is 11.8 Å². The summed E-state index contributed by atoms with van der Waals surface area (Å²) < 4.78 is 0. The zero-order chi connectivity index (χ0) is 8.85. The van der Waals surface area contributed by atoms with Crippen molar-refractivity contribution < 1.29 is 0 Å². The van der Waals surface area contributed by atoms with E-state index in [0.29, 0.717) is 5.92 Å². The molecular formula is C11H22. The van der Waals surface area contributed by atoms with Gasteiger partial charge in [-0.25, -0.2) is 0 Å². The lowest BCUT2D eigenvalue weighted by atomic mass is 9.95. The first-order chi connectivity index (χ1) is 5.07. The van der Waals surface area contributed by atoms with Crippen LogP contribution in [0.2, 0.25) is 0 Å². The Morgan fingerprint density at radius 3 is 2.00 bits per heavy atom. The van der Waals surface area contributed by atoms with E-state index in [1.54, 1.807) is 5.57 Å². The second-order valence-electron chi connectivity index (χ2n) is 3.89. The van der Waals surface area contributed by atoms with Gasteiger partial charge in [0.1, 0.15) is 0 Å². The monoisotopic (exact) mass is 154 g/mol. The lowest BCUT2D eigenvalue weighted by Gasteiger charge is -2.11. The van der Waals surface area contributed by atoms with Gasteiger partial charge >= 0.3 is 0 Å². The van der Waals surface area contributed by atoms with E-state index >= 15 is 0 Å². The van der Waals surface area contributed by atoms with Crippen LogP contribution in [0.1, 0.15) is 47.5 Å². The van der Waals surface area contributed by atoms with Crippen LogP contribution in [0.4, 0.5) is 0 Å². The highest BCUT2D eigenvalue weighted by atomic mass is 14.1. The van der Waals surface area contributed by atoms with Crippen molar-refractivity contribution in [3.05, 3.63) is 11.6 Å². The van der Waals surface area contributed by atoms with Gasteiger partial charge in [0.25, 0.3) is 0 Å². The van der Waals surface area contributed by atoms with E-state index in [-0.39, 0.29) is 0 Å². The van der Waals surface area contributed by atoms with Crippen molar-refractivity contribution in [3.63, 3.8) is 0 Å². The van der Waals surface area contributed by atoms with Gasteiger partial charge in [-0.1, -0.05) is 52.7 Å². The molecule has 0 heteroatoms. The van der Waals surface area contributed by atoms with E-state index in [1.165, 1.54) is 12.8 Å². The van der Waals surface area contributed by atoms with E-state index in [4.69, 9.17) is 0 Å². The van der Waals surface area contributed by atoms with Crippen molar-refractivity contribution in [2.75, 3.05) is 0 Å². The van der Waals surface area contributed by atoms with Gasteiger partial charge in [-0.15, -0.1) is 0 Å². The van der Waals surface area contributed by atoms with Crippen molar-refractivity contribution >= 4 is 0 Å². The van der Waals surface area contributed by atoms with Gasteiger partial charge in [0.05, 0.1) is 0 Å². The van der Waals surface area contributed by atoms with Gasteiger partial charge in [-0.05, 0) is 18.3 Å². The molecule has 0 rings (SSSR count). The Bertz CT molecular complexity index is 118.